The van der Waals surface area contributed by atoms with Gasteiger partial charge in [0.15, 0.2) is 6.10 Å². The minimum absolute atomic E-state index is 0.174. The number of aliphatic hydroxyl groups excluding tert-OH is 1. The van der Waals surface area contributed by atoms with Gasteiger partial charge in [0, 0.05) is 13.0 Å². The maximum atomic E-state index is 11.9. The van der Waals surface area contributed by atoms with Gasteiger partial charge in [-0.2, -0.15) is 0 Å². The second-order valence-electron chi connectivity index (χ2n) is 6.29. The molecule has 2 atom stereocenters. The lowest BCUT2D eigenvalue weighted by molar-refractivity contribution is -0.156. The van der Waals surface area contributed by atoms with Crippen LogP contribution in [0.25, 0.3) is 0 Å². The van der Waals surface area contributed by atoms with Crippen LogP contribution in [-0.4, -0.2) is 37.0 Å². The number of carbonyl (C=O) groups is 1. The standard InChI is InChI=1S/C22H28O5/c1-4-25-21(22(24)26-5-2)14-17-9-11-19(12-10-17)27-15-20(23)18-8-6-7-16(3)13-18/h6-13,20-21,23H,4-5,14-15H2,1-3H3/t20-,21-/m0/s1. The number of ether oxygens (including phenoxy) is 3. The second kappa shape index (κ2) is 10.7. The summed E-state index contributed by atoms with van der Waals surface area (Å²) < 4.78 is 16.2. The maximum Gasteiger partial charge on any atom is 0.335 e. The van der Waals surface area contributed by atoms with E-state index >= 15 is 0 Å². The topological polar surface area (TPSA) is 65.0 Å². The molecule has 0 aliphatic rings. The summed E-state index contributed by atoms with van der Waals surface area (Å²) in [7, 11) is 0. The van der Waals surface area contributed by atoms with Crippen molar-refractivity contribution >= 4 is 5.97 Å². The first-order valence-corrected chi connectivity index (χ1v) is 9.28. The Hall–Kier alpha value is -2.37. The van der Waals surface area contributed by atoms with Crippen LogP contribution >= 0.6 is 0 Å². The predicted molar refractivity (Wildman–Crippen MR) is 104 cm³/mol. The van der Waals surface area contributed by atoms with Crippen molar-refractivity contribution in [3.63, 3.8) is 0 Å². The molecule has 0 amide bonds. The average molecular weight is 372 g/mol. The number of benzene rings is 2. The zero-order valence-corrected chi connectivity index (χ0v) is 16.2. The van der Waals surface area contributed by atoms with Crippen molar-refractivity contribution in [2.45, 2.75) is 39.4 Å². The minimum atomic E-state index is -0.685. The Morgan fingerprint density at radius 2 is 1.81 bits per heavy atom. The molecule has 0 bridgehead atoms. The number of aliphatic hydroxyl groups is 1. The quantitative estimate of drug-likeness (QED) is 0.646. The van der Waals surface area contributed by atoms with Crippen LogP contribution in [0.2, 0.25) is 0 Å². The maximum absolute atomic E-state index is 11.9. The Bertz CT molecular complexity index is 711. The summed E-state index contributed by atoms with van der Waals surface area (Å²) in [5.41, 5.74) is 2.88. The van der Waals surface area contributed by atoms with Crippen molar-refractivity contribution in [1.29, 1.82) is 0 Å². The molecule has 0 radical (unpaired) electrons. The molecule has 2 rings (SSSR count). The van der Waals surface area contributed by atoms with Crippen LogP contribution < -0.4 is 4.74 Å². The fraction of sp³-hybridized carbons (Fsp3) is 0.409. The van der Waals surface area contributed by atoms with Gasteiger partial charge in [-0.15, -0.1) is 0 Å². The second-order valence-corrected chi connectivity index (χ2v) is 6.29. The lowest BCUT2D eigenvalue weighted by Gasteiger charge is -2.16. The number of carbonyl (C=O) groups excluding carboxylic acids is 1. The summed E-state index contributed by atoms with van der Waals surface area (Å²) in [6.45, 7) is 6.57. The van der Waals surface area contributed by atoms with Crippen LogP contribution in [0.15, 0.2) is 48.5 Å². The third-order valence-electron chi connectivity index (χ3n) is 4.10. The van der Waals surface area contributed by atoms with Gasteiger partial charge in [-0.1, -0.05) is 42.0 Å². The van der Waals surface area contributed by atoms with Crippen LogP contribution in [-0.2, 0) is 20.7 Å². The lowest BCUT2D eigenvalue weighted by atomic mass is 10.1. The van der Waals surface area contributed by atoms with Crippen molar-refractivity contribution in [2.24, 2.45) is 0 Å². The summed E-state index contributed by atoms with van der Waals surface area (Å²) >= 11 is 0. The first-order chi connectivity index (χ1) is 13.0. The van der Waals surface area contributed by atoms with Crippen molar-refractivity contribution in [3.05, 3.63) is 65.2 Å². The molecule has 0 aromatic heterocycles. The van der Waals surface area contributed by atoms with E-state index in [1.807, 2.05) is 62.4 Å². The molecule has 1 N–H and O–H groups in total. The molecular formula is C22H28O5. The summed E-state index contributed by atoms with van der Waals surface area (Å²) in [5, 5.41) is 10.3. The highest BCUT2D eigenvalue weighted by atomic mass is 16.6. The van der Waals surface area contributed by atoms with Crippen LogP contribution in [0.3, 0.4) is 0 Å². The van der Waals surface area contributed by atoms with E-state index in [0.29, 0.717) is 25.4 Å². The molecule has 27 heavy (non-hydrogen) atoms. The molecule has 0 aliphatic carbocycles. The van der Waals surface area contributed by atoms with Crippen molar-refractivity contribution in [2.75, 3.05) is 19.8 Å². The summed E-state index contributed by atoms with van der Waals surface area (Å²) in [6.07, 6.45) is -0.848. The van der Waals surface area contributed by atoms with Gasteiger partial charge in [-0.3, -0.25) is 0 Å². The molecule has 2 aromatic carbocycles. The zero-order chi connectivity index (χ0) is 19.6. The number of aryl methyl sites for hydroxylation is 1. The average Bonchev–Trinajstić information content (AvgIpc) is 2.67. The van der Waals surface area contributed by atoms with E-state index in [1.165, 1.54) is 0 Å². The van der Waals surface area contributed by atoms with E-state index in [1.54, 1.807) is 6.92 Å². The van der Waals surface area contributed by atoms with Gasteiger partial charge in [0.1, 0.15) is 18.5 Å². The molecular weight excluding hydrogens is 344 g/mol. The molecule has 0 fully saturated rings. The predicted octanol–water partition coefficient (Wildman–Crippen LogP) is 3.62. The number of esters is 1. The number of rotatable bonds is 10. The Morgan fingerprint density at radius 3 is 2.44 bits per heavy atom. The van der Waals surface area contributed by atoms with Crippen molar-refractivity contribution < 1.29 is 24.1 Å². The molecule has 0 aliphatic heterocycles. The van der Waals surface area contributed by atoms with Gasteiger partial charge < -0.3 is 19.3 Å². The summed E-state index contributed by atoms with van der Waals surface area (Å²) in [4.78, 5) is 11.9. The third-order valence-corrected chi connectivity index (χ3v) is 4.10. The Morgan fingerprint density at radius 1 is 1.07 bits per heavy atom. The molecule has 0 saturated heterocycles. The Balaban J connectivity index is 1.91. The molecule has 5 heteroatoms. The monoisotopic (exact) mass is 372 g/mol. The molecule has 0 saturated carbocycles. The fourth-order valence-corrected chi connectivity index (χ4v) is 2.73. The smallest absolute Gasteiger partial charge is 0.335 e. The Kier molecular flexibility index (Phi) is 8.30. The number of hydrogen-bond acceptors (Lipinski definition) is 5. The van der Waals surface area contributed by atoms with Gasteiger partial charge in [0.05, 0.1) is 6.61 Å². The highest BCUT2D eigenvalue weighted by Gasteiger charge is 2.20. The first-order valence-electron chi connectivity index (χ1n) is 9.28. The van der Waals surface area contributed by atoms with E-state index in [2.05, 4.69) is 0 Å². The first kappa shape index (κ1) is 20.9. The van der Waals surface area contributed by atoms with Crippen molar-refractivity contribution in [3.8, 4) is 5.75 Å². The molecule has 5 nitrogen and oxygen atoms in total. The highest BCUT2D eigenvalue weighted by Crippen LogP contribution is 2.19. The molecule has 2 aromatic rings. The van der Waals surface area contributed by atoms with E-state index in [0.717, 1.165) is 16.7 Å². The number of hydrogen-bond donors (Lipinski definition) is 1. The summed E-state index contributed by atoms with van der Waals surface area (Å²) in [6, 6.07) is 15.2. The van der Waals surface area contributed by atoms with Crippen LogP contribution in [0, 0.1) is 6.92 Å². The normalized spacial score (nSPS) is 13.0. The zero-order valence-electron chi connectivity index (χ0n) is 16.2. The SMILES string of the molecule is CCOC(=O)[C@H](Cc1ccc(OC[C@H](O)c2cccc(C)c2)cc1)OCC. The van der Waals surface area contributed by atoms with Crippen molar-refractivity contribution in [1.82, 2.24) is 0 Å². The Labute approximate surface area is 160 Å². The third kappa shape index (κ3) is 6.70. The van der Waals surface area contributed by atoms with E-state index in [-0.39, 0.29) is 12.6 Å². The molecule has 0 spiro atoms. The highest BCUT2D eigenvalue weighted by molar-refractivity contribution is 5.75. The van der Waals surface area contributed by atoms with Gasteiger partial charge in [0.2, 0.25) is 0 Å². The fourth-order valence-electron chi connectivity index (χ4n) is 2.73. The van der Waals surface area contributed by atoms with E-state index in [4.69, 9.17) is 14.2 Å². The van der Waals surface area contributed by atoms with Gasteiger partial charge in [-0.25, -0.2) is 4.79 Å². The van der Waals surface area contributed by atoms with Crippen LogP contribution in [0.1, 0.15) is 36.6 Å². The van der Waals surface area contributed by atoms with Crippen LogP contribution in [0.5, 0.6) is 5.75 Å². The largest absolute Gasteiger partial charge is 0.491 e. The molecule has 146 valence electrons. The van der Waals surface area contributed by atoms with E-state index < -0.39 is 12.2 Å². The van der Waals surface area contributed by atoms with Gasteiger partial charge in [-0.05, 0) is 44.0 Å². The van der Waals surface area contributed by atoms with Crippen LogP contribution in [0.4, 0.5) is 0 Å². The molecule has 0 unspecified atom stereocenters. The summed E-state index contributed by atoms with van der Waals surface area (Å²) in [5.74, 6) is 0.315. The minimum Gasteiger partial charge on any atom is -0.491 e. The lowest BCUT2D eigenvalue weighted by Crippen LogP contribution is -2.28. The van der Waals surface area contributed by atoms with E-state index in [9.17, 15) is 9.90 Å². The van der Waals surface area contributed by atoms with Gasteiger partial charge >= 0.3 is 5.97 Å². The molecule has 0 heterocycles. The van der Waals surface area contributed by atoms with Gasteiger partial charge in [0.25, 0.3) is 0 Å².